The number of anilines is 1. The Morgan fingerprint density at radius 2 is 1.83 bits per heavy atom. The molecule has 29 heavy (non-hydrogen) atoms. The third-order valence-corrected chi connectivity index (χ3v) is 4.12. The SMILES string of the molecule is CC(=O)Nc1ccc(OCc2cc(C(=O)NCCCc3ccccc3)no2)cc1. The Morgan fingerprint density at radius 1 is 1.07 bits per heavy atom. The van der Waals surface area contributed by atoms with Crippen LogP contribution in [0.15, 0.2) is 65.2 Å². The number of nitrogens with zero attached hydrogens (tertiary/aromatic N) is 1. The van der Waals surface area contributed by atoms with E-state index in [0.717, 1.165) is 12.8 Å². The summed E-state index contributed by atoms with van der Waals surface area (Å²) in [7, 11) is 0. The topological polar surface area (TPSA) is 93.5 Å². The molecule has 2 amide bonds. The first-order valence-electron chi connectivity index (χ1n) is 9.38. The monoisotopic (exact) mass is 393 g/mol. The Kier molecular flexibility index (Phi) is 7.00. The summed E-state index contributed by atoms with van der Waals surface area (Å²) in [5, 5.41) is 9.32. The van der Waals surface area contributed by atoms with E-state index < -0.39 is 0 Å². The van der Waals surface area contributed by atoms with E-state index in [2.05, 4.69) is 27.9 Å². The summed E-state index contributed by atoms with van der Waals surface area (Å²) in [4.78, 5) is 23.2. The highest BCUT2D eigenvalue weighted by Crippen LogP contribution is 2.17. The average Bonchev–Trinajstić information content (AvgIpc) is 3.20. The predicted molar refractivity (Wildman–Crippen MR) is 109 cm³/mol. The lowest BCUT2D eigenvalue weighted by Gasteiger charge is -2.05. The standard InChI is InChI=1S/C22H23N3O4/c1-16(26)24-18-9-11-19(12-10-18)28-15-20-14-21(25-29-20)22(27)23-13-5-8-17-6-3-2-4-7-17/h2-4,6-7,9-12,14H,5,8,13,15H2,1H3,(H,23,27)(H,24,26). The summed E-state index contributed by atoms with van der Waals surface area (Å²) < 4.78 is 10.8. The van der Waals surface area contributed by atoms with Crippen molar-refractivity contribution >= 4 is 17.5 Å². The van der Waals surface area contributed by atoms with E-state index in [-0.39, 0.29) is 24.1 Å². The number of aryl methyl sites for hydroxylation is 1. The van der Waals surface area contributed by atoms with Crippen LogP contribution in [0.25, 0.3) is 0 Å². The number of hydrogen-bond acceptors (Lipinski definition) is 5. The smallest absolute Gasteiger partial charge is 0.273 e. The van der Waals surface area contributed by atoms with Crippen LogP contribution in [0.1, 0.15) is 35.2 Å². The van der Waals surface area contributed by atoms with Crippen molar-refractivity contribution in [1.29, 1.82) is 0 Å². The Bertz CT molecular complexity index is 936. The van der Waals surface area contributed by atoms with E-state index >= 15 is 0 Å². The number of aromatic nitrogens is 1. The first-order valence-corrected chi connectivity index (χ1v) is 9.38. The van der Waals surface area contributed by atoms with E-state index in [4.69, 9.17) is 9.26 Å². The molecule has 0 aliphatic heterocycles. The fraction of sp³-hybridized carbons (Fsp3) is 0.227. The number of amides is 2. The van der Waals surface area contributed by atoms with Gasteiger partial charge in [-0.2, -0.15) is 0 Å². The average molecular weight is 393 g/mol. The second-order valence-electron chi connectivity index (χ2n) is 6.52. The van der Waals surface area contributed by atoms with Crippen molar-refractivity contribution in [2.75, 3.05) is 11.9 Å². The van der Waals surface area contributed by atoms with Gasteiger partial charge in [0.15, 0.2) is 11.5 Å². The van der Waals surface area contributed by atoms with Crippen molar-refractivity contribution in [2.45, 2.75) is 26.4 Å². The summed E-state index contributed by atoms with van der Waals surface area (Å²) in [5.74, 6) is 0.659. The summed E-state index contributed by atoms with van der Waals surface area (Å²) in [5.41, 5.74) is 2.16. The van der Waals surface area contributed by atoms with Crippen molar-refractivity contribution in [3.63, 3.8) is 0 Å². The number of rotatable bonds is 9. The molecule has 1 aromatic heterocycles. The van der Waals surface area contributed by atoms with Gasteiger partial charge in [0.25, 0.3) is 5.91 Å². The molecule has 1 heterocycles. The van der Waals surface area contributed by atoms with Crippen LogP contribution in [-0.4, -0.2) is 23.5 Å². The Hall–Kier alpha value is -3.61. The van der Waals surface area contributed by atoms with Gasteiger partial charge < -0.3 is 19.9 Å². The molecule has 0 radical (unpaired) electrons. The molecule has 0 fully saturated rings. The normalized spacial score (nSPS) is 10.4. The largest absolute Gasteiger partial charge is 0.486 e. The Morgan fingerprint density at radius 3 is 2.55 bits per heavy atom. The molecule has 0 bridgehead atoms. The first-order chi connectivity index (χ1) is 14.1. The molecule has 0 atom stereocenters. The third-order valence-electron chi connectivity index (χ3n) is 4.12. The van der Waals surface area contributed by atoms with Crippen LogP contribution in [0.5, 0.6) is 5.75 Å². The van der Waals surface area contributed by atoms with Crippen LogP contribution in [0.4, 0.5) is 5.69 Å². The van der Waals surface area contributed by atoms with E-state index in [9.17, 15) is 9.59 Å². The Labute approximate surface area is 169 Å². The maximum atomic E-state index is 12.2. The predicted octanol–water partition coefficient (Wildman–Crippen LogP) is 3.57. The second-order valence-corrected chi connectivity index (χ2v) is 6.52. The number of benzene rings is 2. The zero-order valence-electron chi connectivity index (χ0n) is 16.2. The minimum absolute atomic E-state index is 0.133. The number of carbonyl (C=O) groups excluding carboxylic acids is 2. The highest BCUT2D eigenvalue weighted by molar-refractivity contribution is 5.92. The molecule has 0 saturated carbocycles. The summed E-state index contributed by atoms with van der Waals surface area (Å²) >= 11 is 0. The van der Waals surface area contributed by atoms with Gasteiger partial charge in [-0.15, -0.1) is 0 Å². The molecule has 2 aromatic carbocycles. The van der Waals surface area contributed by atoms with Crippen molar-refractivity contribution in [1.82, 2.24) is 10.5 Å². The van der Waals surface area contributed by atoms with E-state index in [0.29, 0.717) is 23.7 Å². The van der Waals surface area contributed by atoms with Gasteiger partial charge in [0.2, 0.25) is 5.91 Å². The molecular weight excluding hydrogens is 370 g/mol. The lowest BCUT2D eigenvalue weighted by molar-refractivity contribution is -0.114. The quantitative estimate of drug-likeness (QED) is 0.542. The second kappa shape index (κ2) is 10.1. The van der Waals surface area contributed by atoms with Crippen molar-refractivity contribution in [3.8, 4) is 5.75 Å². The fourth-order valence-corrected chi connectivity index (χ4v) is 2.71. The zero-order chi connectivity index (χ0) is 20.5. The van der Waals surface area contributed by atoms with E-state index in [1.165, 1.54) is 12.5 Å². The molecule has 0 unspecified atom stereocenters. The van der Waals surface area contributed by atoms with Gasteiger partial charge in [0.1, 0.15) is 12.4 Å². The van der Waals surface area contributed by atoms with E-state index in [1.807, 2.05) is 18.2 Å². The maximum Gasteiger partial charge on any atom is 0.273 e. The van der Waals surface area contributed by atoms with E-state index in [1.54, 1.807) is 30.3 Å². The zero-order valence-corrected chi connectivity index (χ0v) is 16.2. The summed E-state index contributed by atoms with van der Waals surface area (Å²) in [6.45, 7) is 2.16. The van der Waals surface area contributed by atoms with Crippen LogP contribution in [-0.2, 0) is 17.8 Å². The molecule has 3 aromatic rings. The van der Waals surface area contributed by atoms with Crippen LogP contribution >= 0.6 is 0 Å². The van der Waals surface area contributed by atoms with Gasteiger partial charge in [-0.05, 0) is 42.7 Å². The first kappa shape index (κ1) is 20.1. The molecule has 150 valence electrons. The summed E-state index contributed by atoms with van der Waals surface area (Å²) in [6, 6.07) is 18.7. The molecule has 7 heteroatoms. The number of ether oxygens (including phenoxy) is 1. The molecule has 0 spiro atoms. The third kappa shape index (κ3) is 6.49. The van der Waals surface area contributed by atoms with Crippen molar-refractivity contribution < 1.29 is 18.8 Å². The number of carbonyl (C=O) groups is 2. The Balaban J connectivity index is 1.41. The van der Waals surface area contributed by atoms with Crippen LogP contribution < -0.4 is 15.4 Å². The lowest BCUT2D eigenvalue weighted by atomic mass is 10.1. The van der Waals surface area contributed by atoms with Gasteiger partial charge in [0.05, 0.1) is 0 Å². The molecule has 0 aliphatic rings. The molecule has 2 N–H and O–H groups in total. The van der Waals surface area contributed by atoms with Crippen molar-refractivity contribution in [2.24, 2.45) is 0 Å². The van der Waals surface area contributed by atoms with Gasteiger partial charge >= 0.3 is 0 Å². The number of nitrogens with one attached hydrogen (secondary N) is 2. The molecular formula is C22H23N3O4. The molecule has 3 rings (SSSR count). The van der Waals surface area contributed by atoms with Gasteiger partial charge in [-0.25, -0.2) is 0 Å². The molecule has 0 saturated heterocycles. The maximum absolute atomic E-state index is 12.2. The number of hydrogen-bond donors (Lipinski definition) is 2. The minimum atomic E-state index is -0.271. The van der Waals surface area contributed by atoms with Gasteiger partial charge in [-0.3, -0.25) is 9.59 Å². The molecule has 0 aliphatic carbocycles. The van der Waals surface area contributed by atoms with Gasteiger partial charge in [-0.1, -0.05) is 35.5 Å². The minimum Gasteiger partial charge on any atom is -0.486 e. The van der Waals surface area contributed by atoms with Gasteiger partial charge in [0, 0.05) is 25.2 Å². The van der Waals surface area contributed by atoms with Crippen LogP contribution in [0.2, 0.25) is 0 Å². The highest BCUT2D eigenvalue weighted by Gasteiger charge is 2.12. The van der Waals surface area contributed by atoms with Crippen LogP contribution in [0.3, 0.4) is 0 Å². The lowest BCUT2D eigenvalue weighted by Crippen LogP contribution is -2.25. The fourth-order valence-electron chi connectivity index (χ4n) is 2.71. The van der Waals surface area contributed by atoms with Crippen molar-refractivity contribution in [3.05, 3.63) is 77.7 Å². The van der Waals surface area contributed by atoms with Crippen LogP contribution in [0, 0.1) is 0 Å². The summed E-state index contributed by atoms with van der Waals surface area (Å²) in [6.07, 6.45) is 1.75. The molecule has 7 nitrogen and oxygen atoms in total. The highest BCUT2D eigenvalue weighted by atomic mass is 16.5.